The number of nitrogens with one attached hydrogen (secondary N) is 1. The monoisotopic (exact) mass is 397 g/mol. The molecule has 28 heavy (non-hydrogen) atoms. The highest BCUT2D eigenvalue weighted by Crippen LogP contribution is 2.41. The van der Waals surface area contributed by atoms with E-state index in [4.69, 9.17) is 20.8 Å². The van der Waals surface area contributed by atoms with Gasteiger partial charge in [0.2, 0.25) is 0 Å². The van der Waals surface area contributed by atoms with Gasteiger partial charge in [-0.15, -0.1) is 0 Å². The highest BCUT2D eigenvalue weighted by Gasteiger charge is 2.32. The summed E-state index contributed by atoms with van der Waals surface area (Å²) in [5.74, 6) is 1.47. The van der Waals surface area contributed by atoms with E-state index in [1.807, 2.05) is 31.2 Å². The Balaban J connectivity index is 1.63. The predicted octanol–water partition coefficient (Wildman–Crippen LogP) is 5.26. The molecular formula is C23H24ClNO3. The van der Waals surface area contributed by atoms with E-state index in [1.165, 1.54) is 18.4 Å². The van der Waals surface area contributed by atoms with Crippen molar-refractivity contribution in [1.29, 1.82) is 0 Å². The predicted molar refractivity (Wildman–Crippen MR) is 112 cm³/mol. The van der Waals surface area contributed by atoms with Crippen LogP contribution in [0.4, 0.5) is 0 Å². The van der Waals surface area contributed by atoms with Crippen molar-refractivity contribution in [3.8, 4) is 5.75 Å². The van der Waals surface area contributed by atoms with E-state index >= 15 is 0 Å². The molecule has 5 heteroatoms. The molecule has 4 nitrogen and oxygen atoms in total. The molecular weight excluding hydrogens is 374 g/mol. The Hall–Kier alpha value is -2.30. The van der Waals surface area contributed by atoms with Crippen LogP contribution in [-0.2, 0) is 13.0 Å². The molecule has 1 aliphatic carbocycles. The van der Waals surface area contributed by atoms with Crippen molar-refractivity contribution in [1.82, 2.24) is 5.32 Å². The lowest BCUT2D eigenvalue weighted by Crippen LogP contribution is -2.23. The van der Waals surface area contributed by atoms with Gasteiger partial charge in [0.25, 0.3) is 0 Å². The topological polar surface area (TPSA) is 51.5 Å². The lowest BCUT2D eigenvalue weighted by atomic mass is 10.0. The summed E-state index contributed by atoms with van der Waals surface area (Å²) in [5, 5.41) is 5.25. The zero-order valence-corrected chi connectivity index (χ0v) is 16.9. The number of rotatable bonds is 7. The van der Waals surface area contributed by atoms with Gasteiger partial charge in [-0.3, -0.25) is 0 Å². The molecule has 3 aromatic rings. The fourth-order valence-electron chi connectivity index (χ4n) is 3.72. The van der Waals surface area contributed by atoms with Crippen LogP contribution in [0.2, 0.25) is 5.02 Å². The molecule has 1 heterocycles. The van der Waals surface area contributed by atoms with E-state index in [0.29, 0.717) is 23.1 Å². The summed E-state index contributed by atoms with van der Waals surface area (Å²) in [6.45, 7) is 2.61. The van der Waals surface area contributed by atoms with Gasteiger partial charge in [-0.25, -0.2) is 4.79 Å². The zero-order chi connectivity index (χ0) is 19.7. The molecule has 1 unspecified atom stereocenters. The van der Waals surface area contributed by atoms with Gasteiger partial charge in [-0.05, 0) is 66.1 Å². The van der Waals surface area contributed by atoms with E-state index < -0.39 is 0 Å². The fraction of sp³-hybridized carbons (Fsp3) is 0.348. The Bertz CT molecular complexity index is 1040. The highest BCUT2D eigenvalue weighted by molar-refractivity contribution is 6.32. The van der Waals surface area contributed by atoms with Crippen molar-refractivity contribution >= 4 is 22.6 Å². The molecule has 1 aliphatic rings. The summed E-state index contributed by atoms with van der Waals surface area (Å²) in [4.78, 5) is 12.1. The first-order chi connectivity index (χ1) is 13.6. The Kier molecular flexibility index (Phi) is 5.42. The fourth-order valence-corrected chi connectivity index (χ4v) is 4.02. The first-order valence-electron chi connectivity index (χ1n) is 9.71. The van der Waals surface area contributed by atoms with Gasteiger partial charge in [0.1, 0.15) is 11.3 Å². The number of benzene rings is 2. The summed E-state index contributed by atoms with van der Waals surface area (Å²) in [6, 6.07) is 13.8. The van der Waals surface area contributed by atoms with E-state index in [1.54, 1.807) is 13.2 Å². The molecule has 0 spiro atoms. The SMILES string of the molecule is CCc1cc2oc(=O)cc(CNC(c3ccc(OC)cc3)C3CC3)c2cc1Cl. The Morgan fingerprint density at radius 3 is 2.57 bits per heavy atom. The minimum atomic E-state index is -0.332. The quantitative estimate of drug-likeness (QED) is 0.552. The first-order valence-corrected chi connectivity index (χ1v) is 10.1. The maximum Gasteiger partial charge on any atom is 0.336 e. The van der Waals surface area contributed by atoms with E-state index in [2.05, 4.69) is 17.4 Å². The van der Waals surface area contributed by atoms with Gasteiger partial charge in [0.15, 0.2) is 0 Å². The van der Waals surface area contributed by atoms with Crippen LogP contribution < -0.4 is 15.7 Å². The average molecular weight is 398 g/mol. The molecule has 0 amide bonds. The molecule has 1 aromatic heterocycles. The van der Waals surface area contributed by atoms with Crippen LogP contribution >= 0.6 is 11.6 Å². The van der Waals surface area contributed by atoms with Crippen molar-refractivity contribution in [2.24, 2.45) is 5.92 Å². The minimum absolute atomic E-state index is 0.249. The third-order valence-electron chi connectivity index (χ3n) is 5.46. The van der Waals surface area contributed by atoms with Crippen LogP contribution in [0.25, 0.3) is 11.0 Å². The van der Waals surface area contributed by atoms with Gasteiger partial charge >= 0.3 is 5.63 Å². The Morgan fingerprint density at radius 2 is 1.93 bits per heavy atom. The normalized spacial score (nSPS) is 15.0. The van der Waals surface area contributed by atoms with Gasteiger partial charge in [-0.2, -0.15) is 0 Å². The van der Waals surface area contributed by atoms with Crippen molar-refractivity contribution in [2.75, 3.05) is 7.11 Å². The second-order valence-electron chi connectivity index (χ2n) is 7.35. The second kappa shape index (κ2) is 7.98. The Labute approximate surface area is 169 Å². The zero-order valence-electron chi connectivity index (χ0n) is 16.1. The highest BCUT2D eigenvalue weighted by atomic mass is 35.5. The molecule has 0 bridgehead atoms. The van der Waals surface area contributed by atoms with Crippen molar-refractivity contribution in [2.45, 2.75) is 38.8 Å². The number of aryl methyl sites for hydroxylation is 1. The molecule has 1 N–H and O–H groups in total. The van der Waals surface area contributed by atoms with Crippen LogP contribution in [0.15, 0.2) is 51.7 Å². The number of fused-ring (bicyclic) bond motifs is 1. The maximum absolute atomic E-state index is 12.1. The smallest absolute Gasteiger partial charge is 0.336 e. The standard InChI is InChI=1S/C23H24ClNO3/c1-3-14-10-21-19(12-20(14)24)17(11-22(26)28-21)13-25-23(15-4-5-15)16-6-8-18(27-2)9-7-16/h6-12,15,23,25H,3-5,13H2,1-2H3. The molecule has 0 saturated heterocycles. The molecule has 1 saturated carbocycles. The van der Waals surface area contributed by atoms with E-state index in [9.17, 15) is 4.79 Å². The summed E-state index contributed by atoms with van der Waals surface area (Å²) >= 11 is 6.41. The van der Waals surface area contributed by atoms with Crippen molar-refractivity contribution in [3.63, 3.8) is 0 Å². The van der Waals surface area contributed by atoms with Crippen LogP contribution in [0.3, 0.4) is 0 Å². The molecule has 146 valence electrons. The average Bonchev–Trinajstić information content (AvgIpc) is 3.53. The summed E-state index contributed by atoms with van der Waals surface area (Å²) < 4.78 is 10.7. The van der Waals surface area contributed by atoms with Crippen molar-refractivity contribution in [3.05, 3.63) is 74.6 Å². The third kappa shape index (κ3) is 3.94. The number of halogens is 1. The number of ether oxygens (including phenoxy) is 1. The van der Waals surface area contributed by atoms with Crippen LogP contribution in [-0.4, -0.2) is 7.11 Å². The number of hydrogen-bond acceptors (Lipinski definition) is 4. The molecule has 1 atom stereocenters. The van der Waals surface area contributed by atoms with Crippen LogP contribution in [0.1, 0.15) is 42.5 Å². The van der Waals surface area contributed by atoms with Crippen LogP contribution in [0.5, 0.6) is 5.75 Å². The molecule has 1 fully saturated rings. The largest absolute Gasteiger partial charge is 0.497 e. The molecule has 2 aromatic carbocycles. The number of hydrogen-bond donors (Lipinski definition) is 1. The maximum atomic E-state index is 12.1. The van der Waals surface area contributed by atoms with Gasteiger partial charge in [0, 0.05) is 29.1 Å². The van der Waals surface area contributed by atoms with E-state index in [-0.39, 0.29) is 11.7 Å². The summed E-state index contributed by atoms with van der Waals surface area (Å²) in [7, 11) is 1.67. The molecule has 4 rings (SSSR count). The van der Waals surface area contributed by atoms with Crippen LogP contribution in [0, 0.1) is 5.92 Å². The molecule has 0 radical (unpaired) electrons. The van der Waals surface area contributed by atoms with Gasteiger partial charge in [-0.1, -0.05) is 30.7 Å². The third-order valence-corrected chi connectivity index (χ3v) is 5.81. The van der Waals surface area contributed by atoms with Gasteiger partial charge in [0.05, 0.1) is 7.11 Å². The lowest BCUT2D eigenvalue weighted by Gasteiger charge is -2.20. The van der Waals surface area contributed by atoms with Crippen molar-refractivity contribution < 1.29 is 9.15 Å². The minimum Gasteiger partial charge on any atom is -0.497 e. The summed E-state index contributed by atoms with van der Waals surface area (Å²) in [6.07, 6.45) is 3.22. The summed E-state index contributed by atoms with van der Waals surface area (Å²) in [5.41, 5.74) is 3.40. The second-order valence-corrected chi connectivity index (χ2v) is 7.76. The number of methoxy groups -OCH3 is 1. The van der Waals surface area contributed by atoms with E-state index in [0.717, 1.165) is 28.7 Å². The first kappa shape index (κ1) is 19.0. The lowest BCUT2D eigenvalue weighted by molar-refractivity contribution is 0.413. The Morgan fingerprint density at radius 1 is 1.18 bits per heavy atom. The van der Waals surface area contributed by atoms with Gasteiger partial charge < -0.3 is 14.5 Å². The molecule has 0 aliphatic heterocycles.